The zero-order valence-corrected chi connectivity index (χ0v) is 15.9. The van der Waals surface area contributed by atoms with Gasteiger partial charge in [0.1, 0.15) is 17.2 Å². The van der Waals surface area contributed by atoms with Crippen LogP contribution in [0.4, 0.5) is 11.4 Å². The predicted octanol–water partition coefficient (Wildman–Crippen LogP) is 3.81. The molecule has 1 aromatic heterocycles. The van der Waals surface area contributed by atoms with Gasteiger partial charge in [0.25, 0.3) is 5.91 Å². The van der Waals surface area contributed by atoms with E-state index in [1.807, 2.05) is 48.5 Å². The summed E-state index contributed by atoms with van der Waals surface area (Å²) in [6.45, 7) is 0.548. The Morgan fingerprint density at radius 3 is 2.57 bits per heavy atom. The maximum absolute atomic E-state index is 12.4. The minimum atomic E-state index is -0.211. The Hall–Kier alpha value is -3.54. The Balaban J connectivity index is 1.66. The summed E-state index contributed by atoms with van der Waals surface area (Å²) in [7, 11) is 3.21. The van der Waals surface area contributed by atoms with Crippen molar-refractivity contribution >= 4 is 17.3 Å². The number of anilines is 2. The van der Waals surface area contributed by atoms with E-state index in [4.69, 9.17) is 9.47 Å². The van der Waals surface area contributed by atoms with Gasteiger partial charge >= 0.3 is 0 Å². The number of benzene rings is 2. The van der Waals surface area contributed by atoms with Gasteiger partial charge in [0.05, 0.1) is 19.9 Å². The normalized spacial score (nSPS) is 10.2. The molecule has 0 saturated carbocycles. The van der Waals surface area contributed by atoms with Crippen molar-refractivity contribution in [3.63, 3.8) is 0 Å². The fraction of sp³-hybridized carbons (Fsp3) is 0.182. The summed E-state index contributed by atoms with van der Waals surface area (Å²) in [5.41, 5.74) is 2.99. The number of rotatable bonds is 8. The lowest BCUT2D eigenvalue weighted by Crippen LogP contribution is -2.26. The predicted molar refractivity (Wildman–Crippen MR) is 110 cm³/mol. The van der Waals surface area contributed by atoms with Gasteiger partial charge in [-0.2, -0.15) is 0 Å². The maximum Gasteiger partial charge on any atom is 0.269 e. The molecule has 0 aliphatic heterocycles. The molecule has 28 heavy (non-hydrogen) atoms. The monoisotopic (exact) mass is 377 g/mol. The van der Waals surface area contributed by atoms with E-state index in [9.17, 15) is 4.79 Å². The van der Waals surface area contributed by atoms with E-state index in [2.05, 4.69) is 15.6 Å². The van der Waals surface area contributed by atoms with Crippen LogP contribution in [0.5, 0.6) is 11.5 Å². The smallest absolute Gasteiger partial charge is 0.269 e. The van der Waals surface area contributed by atoms with Crippen LogP contribution in [0.3, 0.4) is 0 Å². The second-order valence-corrected chi connectivity index (χ2v) is 6.11. The van der Waals surface area contributed by atoms with Crippen molar-refractivity contribution in [3.8, 4) is 11.5 Å². The molecule has 6 nitrogen and oxygen atoms in total. The Labute approximate surface area is 164 Å². The lowest BCUT2D eigenvalue weighted by atomic mass is 10.1. The standard InChI is InChI=1S/C22H23N3O3/c1-27-18-8-9-21(28-2)19(15-18)25-17-11-13-23-20(14-17)22(26)24-12-10-16-6-4-3-5-7-16/h3-9,11,13-15H,10,12H2,1-2H3,(H,23,25)(H,24,26). The quantitative estimate of drug-likeness (QED) is 0.624. The minimum Gasteiger partial charge on any atom is -0.497 e. The summed E-state index contributed by atoms with van der Waals surface area (Å²) in [4.78, 5) is 16.6. The number of methoxy groups -OCH3 is 2. The summed E-state index contributed by atoms with van der Waals surface area (Å²) in [5, 5.41) is 6.16. The summed E-state index contributed by atoms with van der Waals surface area (Å²) in [5.74, 6) is 1.17. The number of ether oxygens (including phenoxy) is 2. The zero-order chi connectivity index (χ0) is 19.8. The van der Waals surface area contributed by atoms with Gasteiger partial charge in [-0.3, -0.25) is 9.78 Å². The fourth-order valence-corrected chi connectivity index (χ4v) is 2.76. The molecule has 0 aliphatic carbocycles. The van der Waals surface area contributed by atoms with E-state index in [1.54, 1.807) is 32.5 Å². The fourth-order valence-electron chi connectivity index (χ4n) is 2.76. The SMILES string of the molecule is COc1ccc(OC)c(Nc2ccnc(C(=O)NCCc3ccccc3)c2)c1. The number of nitrogens with one attached hydrogen (secondary N) is 2. The molecule has 6 heteroatoms. The molecule has 3 rings (SSSR count). The van der Waals surface area contributed by atoms with Gasteiger partial charge < -0.3 is 20.1 Å². The van der Waals surface area contributed by atoms with Crippen molar-refractivity contribution in [3.05, 3.63) is 78.1 Å². The van der Waals surface area contributed by atoms with Gasteiger partial charge in [-0.15, -0.1) is 0 Å². The molecule has 0 saturated heterocycles. The summed E-state index contributed by atoms with van der Waals surface area (Å²) in [6, 6.07) is 19.0. The molecule has 1 amide bonds. The zero-order valence-electron chi connectivity index (χ0n) is 15.9. The number of hydrogen-bond acceptors (Lipinski definition) is 5. The third-order valence-electron chi connectivity index (χ3n) is 4.22. The van der Waals surface area contributed by atoms with Crippen LogP contribution in [0.15, 0.2) is 66.9 Å². The highest BCUT2D eigenvalue weighted by Gasteiger charge is 2.10. The van der Waals surface area contributed by atoms with Crippen molar-refractivity contribution < 1.29 is 14.3 Å². The topological polar surface area (TPSA) is 72.5 Å². The third kappa shape index (κ3) is 5.01. The van der Waals surface area contributed by atoms with Crippen molar-refractivity contribution in [2.75, 3.05) is 26.1 Å². The highest BCUT2D eigenvalue weighted by molar-refractivity contribution is 5.93. The number of nitrogens with zero attached hydrogens (tertiary/aromatic N) is 1. The molecule has 3 aromatic rings. The van der Waals surface area contributed by atoms with E-state index in [-0.39, 0.29) is 5.91 Å². The second kappa shape index (κ2) is 9.41. The first-order valence-electron chi connectivity index (χ1n) is 8.97. The van der Waals surface area contributed by atoms with E-state index in [1.165, 1.54) is 5.56 Å². The van der Waals surface area contributed by atoms with Gasteiger partial charge in [0.15, 0.2) is 0 Å². The summed E-state index contributed by atoms with van der Waals surface area (Å²) < 4.78 is 10.6. The second-order valence-electron chi connectivity index (χ2n) is 6.11. The van der Waals surface area contributed by atoms with Crippen LogP contribution in [0.25, 0.3) is 0 Å². The number of carbonyl (C=O) groups excluding carboxylic acids is 1. The first-order chi connectivity index (χ1) is 13.7. The number of carbonyl (C=O) groups is 1. The van der Waals surface area contributed by atoms with Crippen LogP contribution in [0.1, 0.15) is 16.1 Å². The molecule has 1 heterocycles. The van der Waals surface area contributed by atoms with Gasteiger partial charge in [0.2, 0.25) is 0 Å². The van der Waals surface area contributed by atoms with Crippen LogP contribution < -0.4 is 20.1 Å². The summed E-state index contributed by atoms with van der Waals surface area (Å²) in [6.07, 6.45) is 2.37. The molecule has 2 aromatic carbocycles. The largest absolute Gasteiger partial charge is 0.497 e. The average molecular weight is 377 g/mol. The van der Waals surface area contributed by atoms with E-state index in [0.717, 1.165) is 17.8 Å². The molecule has 144 valence electrons. The lowest BCUT2D eigenvalue weighted by molar-refractivity contribution is 0.0949. The van der Waals surface area contributed by atoms with Crippen LogP contribution in [0.2, 0.25) is 0 Å². The maximum atomic E-state index is 12.4. The Kier molecular flexibility index (Phi) is 6.46. The first-order valence-corrected chi connectivity index (χ1v) is 8.97. The number of hydrogen-bond donors (Lipinski definition) is 2. The van der Waals surface area contributed by atoms with Crippen molar-refractivity contribution in [1.29, 1.82) is 0 Å². The lowest BCUT2D eigenvalue weighted by Gasteiger charge is -2.13. The van der Waals surface area contributed by atoms with Gasteiger partial charge in [-0.05, 0) is 36.2 Å². The van der Waals surface area contributed by atoms with Crippen LogP contribution in [0, 0.1) is 0 Å². The minimum absolute atomic E-state index is 0.211. The molecular formula is C22H23N3O3. The van der Waals surface area contributed by atoms with E-state index >= 15 is 0 Å². The van der Waals surface area contributed by atoms with E-state index in [0.29, 0.717) is 23.7 Å². The van der Waals surface area contributed by atoms with Crippen molar-refractivity contribution in [1.82, 2.24) is 10.3 Å². The number of pyridine rings is 1. The van der Waals surface area contributed by atoms with Crippen molar-refractivity contribution in [2.24, 2.45) is 0 Å². The molecular weight excluding hydrogens is 354 g/mol. The van der Waals surface area contributed by atoms with Crippen LogP contribution in [-0.2, 0) is 6.42 Å². The third-order valence-corrected chi connectivity index (χ3v) is 4.22. The Morgan fingerprint density at radius 1 is 1.00 bits per heavy atom. The van der Waals surface area contributed by atoms with Gasteiger partial charge in [0, 0.05) is 24.5 Å². The summed E-state index contributed by atoms with van der Waals surface area (Å²) >= 11 is 0. The Morgan fingerprint density at radius 2 is 1.82 bits per heavy atom. The first kappa shape index (κ1) is 19.2. The molecule has 0 aliphatic rings. The van der Waals surface area contributed by atoms with E-state index < -0.39 is 0 Å². The van der Waals surface area contributed by atoms with Crippen molar-refractivity contribution in [2.45, 2.75) is 6.42 Å². The highest BCUT2D eigenvalue weighted by Crippen LogP contribution is 2.31. The molecule has 0 spiro atoms. The van der Waals surface area contributed by atoms with Gasteiger partial charge in [-0.25, -0.2) is 0 Å². The molecule has 0 unspecified atom stereocenters. The highest BCUT2D eigenvalue weighted by atomic mass is 16.5. The Bertz CT molecular complexity index is 929. The van der Waals surface area contributed by atoms with Gasteiger partial charge in [-0.1, -0.05) is 30.3 Å². The molecule has 0 radical (unpaired) electrons. The number of aromatic nitrogens is 1. The molecule has 2 N–H and O–H groups in total. The number of amides is 1. The molecule has 0 fully saturated rings. The molecule has 0 bridgehead atoms. The van der Waals surface area contributed by atoms with Crippen LogP contribution >= 0.6 is 0 Å². The molecule has 0 atom stereocenters. The van der Waals surface area contributed by atoms with Crippen LogP contribution in [-0.4, -0.2) is 31.7 Å². The average Bonchev–Trinajstić information content (AvgIpc) is 2.74.